The molecule has 0 atom stereocenters. The Morgan fingerprint density at radius 2 is 1.88 bits per heavy atom. The third-order valence-corrected chi connectivity index (χ3v) is 4.79. The van der Waals surface area contributed by atoms with Gasteiger partial charge in [-0.3, -0.25) is 0 Å². The summed E-state index contributed by atoms with van der Waals surface area (Å²) >= 11 is 0. The third-order valence-electron chi connectivity index (χ3n) is 4.79. The molecule has 3 heterocycles. The zero-order valence-corrected chi connectivity index (χ0v) is 18.8. The van der Waals surface area contributed by atoms with Crippen LogP contribution in [0, 0.1) is 5.82 Å². The quantitative estimate of drug-likeness (QED) is 0.450. The normalized spacial score (nSPS) is 10.8. The Balaban J connectivity index is 2.00. The van der Waals surface area contributed by atoms with Crippen LogP contribution in [0.4, 0.5) is 27.4 Å². The Labute approximate surface area is 188 Å². The molecule has 3 rings (SSSR count). The number of hydrogen-bond acceptors (Lipinski definition) is 6. The van der Waals surface area contributed by atoms with Gasteiger partial charge >= 0.3 is 0 Å². The molecule has 0 saturated heterocycles. The van der Waals surface area contributed by atoms with E-state index in [9.17, 15) is 4.39 Å². The van der Waals surface area contributed by atoms with Crippen molar-refractivity contribution in [3.05, 3.63) is 78.8 Å². The lowest BCUT2D eigenvalue weighted by molar-refractivity contribution is 0.567. The maximum Gasteiger partial charge on any atom is 0.141 e. The molecule has 0 spiro atoms. The first kappa shape index (κ1) is 22.6. The molecule has 7 nitrogen and oxygen atoms in total. The number of aromatic nitrogens is 3. The fourth-order valence-corrected chi connectivity index (χ4v) is 3.13. The number of rotatable bonds is 9. The maximum atomic E-state index is 13.2. The summed E-state index contributed by atoms with van der Waals surface area (Å²) in [6.45, 7) is 8.07. The highest BCUT2D eigenvalue weighted by atomic mass is 19.1. The summed E-state index contributed by atoms with van der Waals surface area (Å²) in [6, 6.07) is 4.76. The van der Waals surface area contributed by atoms with Gasteiger partial charge in [-0.2, -0.15) is 0 Å². The molecule has 0 radical (unpaired) electrons. The average molecular weight is 434 g/mol. The lowest BCUT2D eigenvalue weighted by atomic mass is 10.1. The van der Waals surface area contributed by atoms with Crippen LogP contribution in [-0.2, 0) is 7.05 Å². The first-order chi connectivity index (χ1) is 15.3. The van der Waals surface area contributed by atoms with E-state index in [-0.39, 0.29) is 0 Å². The van der Waals surface area contributed by atoms with Gasteiger partial charge in [0, 0.05) is 69.7 Å². The lowest BCUT2D eigenvalue weighted by Crippen LogP contribution is -2.07. The first-order valence-electron chi connectivity index (χ1n) is 10.0. The van der Waals surface area contributed by atoms with Gasteiger partial charge < -0.3 is 25.4 Å². The van der Waals surface area contributed by atoms with E-state index in [1.807, 2.05) is 68.3 Å². The second-order valence-electron chi connectivity index (χ2n) is 7.39. The molecule has 0 amide bonds. The number of halogens is 1. The molecule has 32 heavy (non-hydrogen) atoms. The van der Waals surface area contributed by atoms with Gasteiger partial charge in [0.25, 0.3) is 0 Å². The molecule has 0 aliphatic carbocycles. The first-order valence-corrected chi connectivity index (χ1v) is 10.0. The molecular weight excluding hydrogens is 405 g/mol. The lowest BCUT2D eigenvalue weighted by Gasteiger charge is -2.15. The van der Waals surface area contributed by atoms with E-state index in [0.717, 1.165) is 40.1 Å². The number of nitrogens with zero attached hydrogens (tertiary/aromatic N) is 4. The summed E-state index contributed by atoms with van der Waals surface area (Å²) in [7, 11) is 7.75. The van der Waals surface area contributed by atoms with Crippen LogP contribution in [0.2, 0.25) is 0 Å². The van der Waals surface area contributed by atoms with Crippen molar-refractivity contribution in [3.8, 4) is 0 Å². The van der Waals surface area contributed by atoms with Gasteiger partial charge in [-0.05, 0) is 18.2 Å². The van der Waals surface area contributed by atoms with Crippen LogP contribution >= 0.6 is 0 Å². The van der Waals surface area contributed by atoms with Crippen molar-refractivity contribution in [3.63, 3.8) is 0 Å². The van der Waals surface area contributed by atoms with Crippen molar-refractivity contribution in [2.24, 2.45) is 7.05 Å². The summed E-state index contributed by atoms with van der Waals surface area (Å²) in [5, 5.41) is 9.66. The van der Waals surface area contributed by atoms with Crippen LogP contribution in [0.5, 0.6) is 0 Å². The van der Waals surface area contributed by atoms with E-state index >= 15 is 0 Å². The van der Waals surface area contributed by atoms with Crippen LogP contribution in [0.3, 0.4) is 0 Å². The maximum absolute atomic E-state index is 13.2. The molecule has 8 heteroatoms. The van der Waals surface area contributed by atoms with Gasteiger partial charge in [0.2, 0.25) is 0 Å². The fraction of sp³-hybridized carbons (Fsp3) is 0.167. The Hall–Kier alpha value is -4.07. The van der Waals surface area contributed by atoms with Crippen molar-refractivity contribution >= 4 is 40.9 Å². The molecule has 0 aliphatic rings. The van der Waals surface area contributed by atoms with Crippen LogP contribution < -0.4 is 16.0 Å². The van der Waals surface area contributed by atoms with E-state index in [1.54, 1.807) is 12.3 Å². The zero-order chi connectivity index (χ0) is 23.3. The van der Waals surface area contributed by atoms with Gasteiger partial charge in [-0.25, -0.2) is 14.4 Å². The third kappa shape index (κ3) is 5.15. The van der Waals surface area contributed by atoms with E-state index in [0.29, 0.717) is 11.6 Å². The van der Waals surface area contributed by atoms with Crippen LogP contribution in [-0.4, -0.2) is 40.6 Å². The van der Waals surface area contributed by atoms with E-state index in [4.69, 9.17) is 0 Å². The van der Waals surface area contributed by atoms with Gasteiger partial charge in [0.05, 0.1) is 23.3 Å². The molecule has 0 fully saturated rings. The Bertz CT molecular complexity index is 1140. The zero-order valence-electron chi connectivity index (χ0n) is 18.8. The number of nitrogens with one attached hydrogen (secondary N) is 3. The van der Waals surface area contributed by atoms with Gasteiger partial charge in [-0.15, -0.1) is 0 Å². The molecule has 0 unspecified atom stereocenters. The van der Waals surface area contributed by atoms with E-state index in [1.165, 1.54) is 6.07 Å². The molecule has 3 aromatic rings. The molecule has 0 saturated carbocycles. The average Bonchev–Trinajstić information content (AvgIpc) is 3.07. The van der Waals surface area contributed by atoms with Crippen molar-refractivity contribution < 1.29 is 4.39 Å². The molecule has 3 aromatic heterocycles. The van der Waals surface area contributed by atoms with Crippen LogP contribution in [0.15, 0.2) is 56.1 Å². The smallest absolute Gasteiger partial charge is 0.141 e. The SMILES string of the molecule is C=Cc1c(Nc2cc(Nc3ccc(F)cn3)ncc2C(=C)NC)cn(C)c1/C=C\N(C)C. The Morgan fingerprint density at radius 3 is 2.50 bits per heavy atom. The minimum absolute atomic E-state index is 0.397. The summed E-state index contributed by atoms with van der Waals surface area (Å²) in [6.07, 6.45) is 10.7. The number of anilines is 4. The minimum atomic E-state index is -0.397. The fourth-order valence-electron chi connectivity index (χ4n) is 3.13. The largest absolute Gasteiger partial charge is 0.388 e. The van der Waals surface area contributed by atoms with E-state index in [2.05, 4.69) is 39.1 Å². The second kappa shape index (κ2) is 9.82. The standard InChI is InChI=1S/C24H28FN7/c1-7-18-21(15-32(6)22(18)10-11-31(4)5)29-20-12-24(28-14-19(20)16(2)26-3)30-23-9-8-17(25)13-27-23/h7-15,26H,1-2H2,3-6H3,(H2,27,28,29,30)/b11-10-. The van der Waals surface area contributed by atoms with Gasteiger partial charge in [-0.1, -0.05) is 19.2 Å². The molecular formula is C24H28FN7. The van der Waals surface area contributed by atoms with Gasteiger partial charge in [0.15, 0.2) is 0 Å². The predicted octanol–water partition coefficient (Wildman–Crippen LogP) is 4.81. The van der Waals surface area contributed by atoms with Crippen molar-refractivity contribution in [2.75, 3.05) is 31.8 Å². The van der Waals surface area contributed by atoms with E-state index < -0.39 is 5.82 Å². The highest BCUT2D eigenvalue weighted by Crippen LogP contribution is 2.32. The van der Waals surface area contributed by atoms with Crippen molar-refractivity contribution in [1.82, 2.24) is 24.8 Å². The minimum Gasteiger partial charge on any atom is -0.388 e. The van der Waals surface area contributed by atoms with Crippen LogP contribution in [0.25, 0.3) is 17.8 Å². The number of pyridine rings is 2. The Kier molecular flexibility index (Phi) is 6.94. The summed E-state index contributed by atoms with van der Waals surface area (Å²) in [5.74, 6) is 0.655. The number of aryl methyl sites for hydroxylation is 1. The monoisotopic (exact) mass is 433 g/mol. The summed E-state index contributed by atoms with van der Waals surface area (Å²) < 4.78 is 15.2. The van der Waals surface area contributed by atoms with Crippen LogP contribution in [0.1, 0.15) is 16.8 Å². The molecule has 0 aromatic carbocycles. The van der Waals surface area contributed by atoms with Crippen molar-refractivity contribution in [1.29, 1.82) is 0 Å². The summed E-state index contributed by atoms with van der Waals surface area (Å²) in [4.78, 5) is 10.5. The molecule has 0 aliphatic heterocycles. The highest BCUT2D eigenvalue weighted by Gasteiger charge is 2.14. The molecule has 166 valence electrons. The number of hydrogen-bond donors (Lipinski definition) is 3. The predicted molar refractivity (Wildman–Crippen MR) is 131 cm³/mol. The van der Waals surface area contributed by atoms with Crippen molar-refractivity contribution in [2.45, 2.75) is 0 Å². The van der Waals surface area contributed by atoms with Gasteiger partial charge in [0.1, 0.15) is 17.5 Å². The summed E-state index contributed by atoms with van der Waals surface area (Å²) in [5.41, 5.74) is 5.21. The molecule has 3 N–H and O–H groups in total. The second-order valence-corrected chi connectivity index (χ2v) is 7.39. The molecule has 0 bridgehead atoms. The topological polar surface area (TPSA) is 70.0 Å². The highest BCUT2D eigenvalue weighted by molar-refractivity contribution is 5.83. The Morgan fingerprint density at radius 1 is 1.12 bits per heavy atom.